The summed E-state index contributed by atoms with van der Waals surface area (Å²) < 4.78 is 2.37. The minimum atomic E-state index is 0.438. The number of aldehydes is 1. The van der Waals surface area contributed by atoms with Gasteiger partial charge in [-0.3, -0.25) is 0 Å². The van der Waals surface area contributed by atoms with Crippen LogP contribution in [0.1, 0.15) is 27.8 Å². The summed E-state index contributed by atoms with van der Waals surface area (Å²) in [6, 6.07) is 17.4. The molecule has 0 aromatic heterocycles. The summed E-state index contributed by atoms with van der Waals surface area (Å²) in [5, 5.41) is 0. The molecule has 0 atom stereocenters. The molecule has 0 amide bonds. The number of rotatable bonds is 4. The van der Waals surface area contributed by atoms with Gasteiger partial charge in [-0.2, -0.15) is 0 Å². The van der Waals surface area contributed by atoms with Gasteiger partial charge in [-0.25, -0.2) is 0 Å². The number of anilines is 1. The van der Waals surface area contributed by atoms with Crippen molar-refractivity contribution in [2.24, 2.45) is 0 Å². The molecule has 2 nitrogen and oxygen atoms in total. The zero-order chi connectivity index (χ0) is 19.8. The molecule has 1 heterocycles. The Labute approximate surface area is 171 Å². The molecule has 1 aliphatic rings. The lowest BCUT2D eigenvalue weighted by atomic mass is 9.81. The number of nitrogens with zero attached hydrogens (tertiary/aromatic N) is 1. The van der Waals surface area contributed by atoms with Crippen molar-refractivity contribution in [1.82, 2.24) is 0 Å². The van der Waals surface area contributed by atoms with Gasteiger partial charge in [0.15, 0.2) is 0 Å². The first-order valence-electron chi connectivity index (χ1n) is 9.63. The second-order valence-electron chi connectivity index (χ2n) is 7.44. The third kappa shape index (κ3) is 2.94. The highest BCUT2D eigenvalue weighted by Crippen LogP contribution is 2.49. The van der Waals surface area contributed by atoms with Gasteiger partial charge in [0.2, 0.25) is 0 Å². The molecular weight excluding hydrogens is 362 g/mol. The van der Waals surface area contributed by atoms with Crippen LogP contribution in [0.3, 0.4) is 0 Å². The zero-order valence-electron chi connectivity index (χ0n) is 16.9. The van der Waals surface area contributed by atoms with Crippen LogP contribution in [0.4, 0.5) is 5.69 Å². The maximum absolute atomic E-state index is 11.6. The molecule has 3 aromatic rings. The van der Waals surface area contributed by atoms with Crippen LogP contribution in [-0.2, 0) is 17.8 Å². The fourth-order valence-electron chi connectivity index (χ4n) is 4.43. The molecule has 0 saturated carbocycles. The minimum absolute atomic E-state index is 0.438. The number of carbonyl (C=O) groups excluding carboxylic acids is 1. The maximum atomic E-state index is 11.6. The van der Waals surface area contributed by atoms with Crippen molar-refractivity contribution >= 4 is 23.9 Å². The van der Waals surface area contributed by atoms with Gasteiger partial charge in [0, 0.05) is 18.2 Å². The number of hydrogen-bond donors (Lipinski definition) is 0. The zero-order valence-corrected chi connectivity index (χ0v) is 17.7. The summed E-state index contributed by atoms with van der Waals surface area (Å²) >= 11 is 1.75. The molecule has 1 aliphatic heterocycles. The highest BCUT2D eigenvalue weighted by atomic mass is 32.2. The summed E-state index contributed by atoms with van der Waals surface area (Å²) in [6.07, 6.45) is 3.60. The molecule has 0 radical (unpaired) electrons. The van der Waals surface area contributed by atoms with Crippen molar-refractivity contribution in [1.29, 1.82) is 0 Å². The molecule has 142 valence electrons. The largest absolute Gasteiger partial charge is 0.311 e. The van der Waals surface area contributed by atoms with E-state index in [0.29, 0.717) is 6.42 Å². The van der Waals surface area contributed by atoms with E-state index >= 15 is 0 Å². The van der Waals surface area contributed by atoms with E-state index in [0.717, 1.165) is 18.4 Å². The van der Waals surface area contributed by atoms with Gasteiger partial charge in [0.25, 0.3) is 0 Å². The van der Waals surface area contributed by atoms with Crippen LogP contribution in [0.5, 0.6) is 0 Å². The molecule has 0 unspecified atom stereocenters. The predicted octanol–water partition coefficient (Wildman–Crippen LogP) is 6.29. The molecule has 0 fully saturated rings. The Morgan fingerprint density at radius 3 is 2.36 bits per heavy atom. The lowest BCUT2D eigenvalue weighted by Crippen LogP contribution is -2.22. The predicted molar refractivity (Wildman–Crippen MR) is 121 cm³/mol. The van der Waals surface area contributed by atoms with E-state index < -0.39 is 0 Å². The standard InChI is InChI=1S/C25H25NOS/c1-16-9-11-19(12-10-16)23-18(3)24-22-8-6-5-7-20(22)15-26(28-4)25(24)17(2)21(23)13-14-27/h5-12,14H,13,15H2,1-4H3. The van der Waals surface area contributed by atoms with Crippen molar-refractivity contribution in [2.45, 2.75) is 33.7 Å². The van der Waals surface area contributed by atoms with E-state index in [1.165, 1.54) is 50.2 Å². The molecule has 0 N–H and O–H groups in total. The summed E-state index contributed by atoms with van der Waals surface area (Å²) in [5.41, 5.74) is 12.5. The Bertz CT molecular complexity index is 1050. The first-order chi connectivity index (χ1) is 13.6. The Morgan fingerprint density at radius 2 is 1.68 bits per heavy atom. The fourth-order valence-corrected chi connectivity index (χ4v) is 5.11. The van der Waals surface area contributed by atoms with Gasteiger partial charge < -0.3 is 9.10 Å². The highest BCUT2D eigenvalue weighted by molar-refractivity contribution is 7.99. The van der Waals surface area contributed by atoms with Crippen LogP contribution < -0.4 is 4.31 Å². The third-order valence-electron chi connectivity index (χ3n) is 5.79. The van der Waals surface area contributed by atoms with Crippen LogP contribution >= 0.6 is 11.9 Å². The van der Waals surface area contributed by atoms with Gasteiger partial charge in [0.1, 0.15) is 6.29 Å². The van der Waals surface area contributed by atoms with E-state index in [4.69, 9.17) is 0 Å². The van der Waals surface area contributed by atoms with Crippen LogP contribution in [0.2, 0.25) is 0 Å². The molecule has 0 saturated heterocycles. The smallest absolute Gasteiger partial charge is 0.124 e. The molecule has 3 heteroatoms. The van der Waals surface area contributed by atoms with E-state index in [-0.39, 0.29) is 0 Å². The van der Waals surface area contributed by atoms with Gasteiger partial charge in [-0.15, -0.1) is 0 Å². The average Bonchev–Trinajstić information content (AvgIpc) is 2.71. The maximum Gasteiger partial charge on any atom is 0.124 e. The van der Waals surface area contributed by atoms with E-state index in [1.807, 2.05) is 0 Å². The third-order valence-corrected chi connectivity index (χ3v) is 6.55. The number of carbonyl (C=O) groups is 1. The first kappa shape index (κ1) is 18.8. The SMILES string of the molecule is CSN1Cc2ccccc2-c2c(C)c(-c3ccc(C)cc3)c(CC=O)c(C)c21. The summed E-state index contributed by atoms with van der Waals surface area (Å²) in [6.45, 7) is 7.37. The molecule has 0 bridgehead atoms. The average molecular weight is 388 g/mol. The Hall–Kier alpha value is -2.52. The van der Waals surface area contributed by atoms with Crippen molar-refractivity contribution in [2.75, 3.05) is 10.6 Å². The van der Waals surface area contributed by atoms with Crippen LogP contribution in [0, 0.1) is 20.8 Å². The Morgan fingerprint density at radius 1 is 0.964 bits per heavy atom. The molecule has 4 rings (SSSR count). The highest BCUT2D eigenvalue weighted by Gasteiger charge is 2.29. The molecule has 0 aliphatic carbocycles. The van der Waals surface area contributed by atoms with Gasteiger partial charge in [-0.05, 0) is 59.7 Å². The lowest BCUT2D eigenvalue weighted by Gasteiger charge is -2.35. The van der Waals surface area contributed by atoms with Gasteiger partial charge >= 0.3 is 0 Å². The molecule has 28 heavy (non-hydrogen) atoms. The van der Waals surface area contributed by atoms with E-state index in [2.05, 4.69) is 79.9 Å². The summed E-state index contributed by atoms with van der Waals surface area (Å²) in [4.78, 5) is 11.6. The van der Waals surface area contributed by atoms with Crippen molar-refractivity contribution in [3.8, 4) is 22.3 Å². The Kier molecular flexibility index (Phi) is 5.03. The topological polar surface area (TPSA) is 20.3 Å². The number of fused-ring (bicyclic) bond motifs is 3. The molecule has 3 aromatic carbocycles. The van der Waals surface area contributed by atoms with Crippen LogP contribution in [-0.4, -0.2) is 12.5 Å². The second-order valence-corrected chi connectivity index (χ2v) is 8.25. The minimum Gasteiger partial charge on any atom is -0.311 e. The summed E-state index contributed by atoms with van der Waals surface area (Å²) in [5.74, 6) is 0. The van der Waals surface area contributed by atoms with Crippen molar-refractivity contribution < 1.29 is 4.79 Å². The normalized spacial score (nSPS) is 12.5. The van der Waals surface area contributed by atoms with Gasteiger partial charge in [0.05, 0.1) is 12.2 Å². The molecular formula is C25H25NOS. The quantitative estimate of drug-likeness (QED) is 0.388. The first-order valence-corrected chi connectivity index (χ1v) is 10.8. The monoisotopic (exact) mass is 387 g/mol. The molecule has 0 spiro atoms. The number of benzene rings is 3. The van der Waals surface area contributed by atoms with Crippen LogP contribution in [0.25, 0.3) is 22.3 Å². The fraction of sp³-hybridized carbons (Fsp3) is 0.240. The lowest BCUT2D eigenvalue weighted by molar-refractivity contribution is -0.107. The van der Waals surface area contributed by atoms with E-state index in [1.54, 1.807) is 11.9 Å². The Balaban J connectivity index is 2.10. The van der Waals surface area contributed by atoms with Crippen LogP contribution in [0.15, 0.2) is 48.5 Å². The second kappa shape index (κ2) is 7.48. The van der Waals surface area contributed by atoms with Crippen molar-refractivity contribution in [3.05, 3.63) is 76.3 Å². The number of aryl methyl sites for hydroxylation is 1. The number of hydrogen-bond acceptors (Lipinski definition) is 3. The van der Waals surface area contributed by atoms with Crippen molar-refractivity contribution in [3.63, 3.8) is 0 Å². The summed E-state index contributed by atoms with van der Waals surface area (Å²) in [7, 11) is 0. The van der Waals surface area contributed by atoms with Gasteiger partial charge in [-0.1, -0.05) is 66.0 Å². The van der Waals surface area contributed by atoms with E-state index in [9.17, 15) is 4.79 Å².